The molecule has 0 aliphatic carbocycles. The van der Waals surface area contributed by atoms with Crippen molar-refractivity contribution < 1.29 is 15.0 Å². The molecule has 4 N–H and O–H groups in total. The Kier molecular flexibility index (Phi) is 5.13. The van der Waals surface area contributed by atoms with Crippen LogP contribution in [0.15, 0.2) is 18.2 Å². The zero-order chi connectivity index (χ0) is 12.7. The van der Waals surface area contributed by atoms with E-state index in [2.05, 4.69) is 17.6 Å². The van der Waals surface area contributed by atoms with Crippen LogP contribution < -0.4 is 10.6 Å². The molecule has 0 saturated carbocycles. The fourth-order valence-electron chi connectivity index (χ4n) is 1.42. The number of anilines is 1. The molecule has 1 rings (SSSR count). The molecule has 5 heteroatoms. The van der Waals surface area contributed by atoms with Gasteiger partial charge < -0.3 is 20.8 Å². The monoisotopic (exact) mass is 238 g/mol. The Labute approximate surface area is 100 Å². The van der Waals surface area contributed by atoms with Gasteiger partial charge in [0.2, 0.25) is 0 Å². The summed E-state index contributed by atoms with van der Waals surface area (Å²) in [6, 6.07) is 3.59. The van der Waals surface area contributed by atoms with E-state index in [-0.39, 0.29) is 17.5 Å². The zero-order valence-corrected chi connectivity index (χ0v) is 9.86. The molecule has 1 aromatic carbocycles. The van der Waals surface area contributed by atoms with Gasteiger partial charge in [-0.15, -0.1) is 0 Å². The topological polar surface area (TPSA) is 81.6 Å². The van der Waals surface area contributed by atoms with E-state index in [4.69, 9.17) is 0 Å². The fraction of sp³-hybridized carbons (Fsp3) is 0.417. The molecule has 0 aromatic heterocycles. The van der Waals surface area contributed by atoms with Gasteiger partial charge in [-0.3, -0.25) is 0 Å². The number of benzene rings is 1. The number of carbonyl (C=O) groups excluding carboxylic acids is 1. The van der Waals surface area contributed by atoms with Crippen molar-refractivity contribution in [2.24, 2.45) is 0 Å². The highest BCUT2D eigenvalue weighted by molar-refractivity contribution is 5.89. The van der Waals surface area contributed by atoms with E-state index >= 15 is 0 Å². The lowest BCUT2D eigenvalue weighted by molar-refractivity contribution is 0.252. The third kappa shape index (κ3) is 5.10. The van der Waals surface area contributed by atoms with Crippen LogP contribution in [-0.2, 0) is 0 Å². The van der Waals surface area contributed by atoms with Crippen molar-refractivity contribution in [2.75, 3.05) is 11.9 Å². The first kappa shape index (κ1) is 13.2. The molecule has 5 nitrogen and oxygen atoms in total. The van der Waals surface area contributed by atoms with Crippen molar-refractivity contribution in [3.8, 4) is 11.5 Å². The van der Waals surface area contributed by atoms with E-state index in [0.717, 1.165) is 19.3 Å². The van der Waals surface area contributed by atoms with Gasteiger partial charge in [-0.25, -0.2) is 4.79 Å². The number of amides is 2. The Bertz CT molecular complexity index is 360. The SMILES string of the molecule is CCCCCNC(=O)Nc1cc(O)cc(O)c1. The molecule has 2 amide bonds. The third-order valence-electron chi connectivity index (χ3n) is 2.23. The van der Waals surface area contributed by atoms with Crippen LogP contribution in [-0.4, -0.2) is 22.8 Å². The Morgan fingerprint density at radius 2 is 1.82 bits per heavy atom. The molecule has 0 radical (unpaired) electrons. The molecule has 0 aliphatic rings. The number of aromatic hydroxyl groups is 2. The standard InChI is InChI=1S/C12H18N2O3/c1-2-3-4-5-13-12(17)14-9-6-10(15)8-11(16)7-9/h6-8,15-16H,2-5H2,1H3,(H2,13,14,17). The average Bonchev–Trinajstić information content (AvgIpc) is 2.23. The van der Waals surface area contributed by atoms with Gasteiger partial charge in [-0.05, 0) is 6.42 Å². The van der Waals surface area contributed by atoms with Gasteiger partial charge >= 0.3 is 6.03 Å². The van der Waals surface area contributed by atoms with Crippen molar-refractivity contribution in [1.82, 2.24) is 5.32 Å². The minimum atomic E-state index is -0.342. The quantitative estimate of drug-likeness (QED) is 0.594. The molecule has 0 fully saturated rings. The second-order valence-corrected chi connectivity index (χ2v) is 3.83. The summed E-state index contributed by atoms with van der Waals surface area (Å²) in [7, 11) is 0. The van der Waals surface area contributed by atoms with Crippen LogP contribution in [0.2, 0.25) is 0 Å². The number of phenols is 2. The van der Waals surface area contributed by atoms with E-state index in [1.165, 1.54) is 18.2 Å². The van der Waals surface area contributed by atoms with Crippen LogP contribution in [0, 0.1) is 0 Å². The fourth-order valence-corrected chi connectivity index (χ4v) is 1.42. The third-order valence-corrected chi connectivity index (χ3v) is 2.23. The maximum atomic E-state index is 11.4. The first-order valence-corrected chi connectivity index (χ1v) is 5.69. The first-order valence-electron chi connectivity index (χ1n) is 5.69. The number of hydrogen-bond acceptors (Lipinski definition) is 3. The van der Waals surface area contributed by atoms with Crippen LogP contribution >= 0.6 is 0 Å². The number of phenolic OH excluding ortho intramolecular Hbond substituents is 2. The predicted octanol–water partition coefficient (Wildman–Crippen LogP) is 2.41. The van der Waals surface area contributed by atoms with E-state index in [9.17, 15) is 15.0 Å². The number of nitrogens with one attached hydrogen (secondary N) is 2. The highest BCUT2D eigenvalue weighted by Crippen LogP contribution is 2.23. The molecular weight excluding hydrogens is 220 g/mol. The van der Waals surface area contributed by atoms with E-state index in [1.807, 2.05) is 0 Å². The van der Waals surface area contributed by atoms with Gasteiger partial charge in [0.1, 0.15) is 11.5 Å². The number of urea groups is 1. The molecule has 0 aliphatic heterocycles. The van der Waals surface area contributed by atoms with Gasteiger partial charge in [-0.1, -0.05) is 19.8 Å². The minimum Gasteiger partial charge on any atom is -0.508 e. The summed E-state index contributed by atoms with van der Waals surface area (Å²) in [5.74, 6) is -0.183. The lowest BCUT2D eigenvalue weighted by Crippen LogP contribution is -2.29. The predicted molar refractivity (Wildman–Crippen MR) is 66.3 cm³/mol. The second-order valence-electron chi connectivity index (χ2n) is 3.83. The van der Waals surface area contributed by atoms with Gasteiger partial charge in [-0.2, -0.15) is 0 Å². The summed E-state index contributed by atoms with van der Waals surface area (Å²) in [6.45, 7) is 2.71. The number of unbranched alkanes of at least 4 members (excludes halogenated alkanes) is 2. The van der Waals surface area contributed by atoms with Gasteiger partial charge in [0.15, 0.2) is 0 Å². The van der Waals surface area contributed by atoms with E-state index in [1.54, 1.807) is 0 Å². The molecule has 0 bridgehead atoms. The molecule has 0 atom stereocenters. The summed E-state index contributed by atoms with van der Waals surface area (Å²) in [5, 5.41) is 23.7. The molecular formula is C12H18N2O3. The summed E-state index contributed by atoms with van der Waals surface area (Å²) >= 11 is 0. The van der Waals surface area contributed by atoms with Crippen LogP contribution in [0.1, 0.15) is 26.2 Å². The van der Waals surface area contributed by atoms with Gasteiger partial charge in [0.05, 0.1) is 0 Å². The van der Waals surface area contributed by atoms with Crippen LogP contribution in [0.4, 0.5) is 10.5 Å². The highest BCUT2D eigenvalue weighted by Gasteiger charge is 2.03. The smallest absolute Gasteiger partial charge is 0.319 e. The van der Waals surface area contributed by atoms with Gasteiger partial charge in [0, 0.05) is 30.4 Å². The first-order chi connectivity index (χ1) is 8.11. The summed E-state index contributed by atoms with van der Waals surface area (Å²) in [5.41, 5.74) is 0.357. The molecule has 0 saturated heterocycles. The number of rotatable bonds is 5. The zero-order valence-electron chi connectivity index (χ0n) is 9.86. The number of hydrogen-bond donors (Lipinski definition) is 4. The van der Waals surface area contributed by atoms with E-state index in [0.29, 0.717) is 12.2 Å². The Morgan fingerprint density at radius 1 is 1.18 bits per heavy atom. The average molecular weight is 238 g/mol. The second kappa shape index (κ2) is 6.62. The number of carbonyl (C=O) groups is 1. The van der Waals surface area contributed by atoms with Crippen molar-refractivity contribution in [3.63, 3.8) is 0 Å². The molecule has 1 aromatic rings. The maximum Gasteiger partial charge on any atom is 0.319 e. The van der Waals surface area contributed by atoms with Crippen LogP contribution in [0.25, 0.3) is 0 Å². The van der Waals surface area contributed by atoms with E-state index < -0.39 is 0 Å². The molecule has 0 heterocycles. The normalized spacial score (nSPS) is 9.94. The summed E-state index contributed by atoms with van der Waals surface area (Å²) < 4.78 is 0. The molecule has 17 heavy (non-hydrogen) atoms. The molecule has 0 unspecified atom stereocenters. The maximum absolute atomic E-state index is 11.4. The Morgan fingerprint density at radius 3 is 2.41 bits per heavy atom. The summed E-state index contributed by atoms with van der Waals surface area (Å²) in [4.78, 5) is 11.4. The Balaban J connectivity index is 2.39. The molecule has 94 valence electrons. The van der Waals surface area contributed by atoms with Crippen LogP contribution in [0.5, 0.6) is 11.5 Å². The van der Waals surface area contributed by atoms with Crippen LogP contribution in [0.3, 0.4) is 0 Å². The van der Waals surface area contributed by atoms with Gasteiger partial charge in [0.25, 0.3) is 0 Å². The molecule has 0 spiro atoms. The summed E-state index contributed by atoms with van der Waals surface area (Å²) in [6.07, 6.45) is 3.12. The lowest BCUT2D eigenvalue weighted by Gasteiger charge is -2.08. The van der Waals surface area contributed by atoms with Crippen molar-refractivity contribution >= 4 is 11.7 Å². The largest absolute Gasteiger partial charge is 0.508 e. The minimum absolute atomic E-state index is 0.0914. The van der Waals surface area contributed by atoms with Crippen molar-refractivity contribution in [1.29, 1.82) is 0 Å². The van der Waals surface area contributed by atoms with Crippen molar-refractivity contribution in [2.45, 2.75) is 26.2 Å². The van der Waals surface area contributed by atoms with Crippen molar-refractivity contribution in [3.05, 3.63) is 18.2 Å². The lowest BCUT2D eigenvalue weighted by atomic mass is 10.2. The Hall–Kier alpha value is -1.91. The highest BCUT2D eigenvalue weighted by atomic mass is 16.3.